The molecule has 0 spiro atoms. The van der Waals surface area contributed by atoms with Gasteiger partial charge in [0.05, 0.1) is 21.1 Å². The van der Waals surface area contributed by atoms with Crippen molar-refractivity contribution in [2.24, 2.45) is 0 Å². The van der Waals surface area contributed by atoms with Gasteiger partial charge in [0.25, 0.3) is 0 Å². The Morgan fingerprint density at radius 3 is 1.56 bits per heavy atom. The van der Waals surface area contributed by atoms with E-state index in [4.69, 9.17) is 0 Å². The zero-order chi connectivity index (χ0) is 26.0. The van der Waals surface area contributed by atoms with Crippen LogP contribution in [0.4, 0.5) is 0 Å². The third-order valence-electron chi connectivity index (χ3n) is 7.02. The van der Waals surface area contributed by atoms with Crippen molar-refractivity contribution >= 4 is 11.9 Å². The first kappa shape index (κ1) is 27.3. The van der Waals surface area contributed by atoms with Gasteiger partial charge in [0, 0.05) is 16.7 Å². The summed E-state index contributed by atoms with van der Waals surface area (Å²) in [6.45, 7) is 16.7. The zero-order valence-corrected chi connectivity index (χ0v) is 22.9. The Morgan fingerprint density at radius 1 is 0.706 bits per heavy atom. The van der Waals surface area contributed by atoms with E-state index in [1.54, 1.807) is 0 Å². The molecule has 1 aliphatic rings. The van der Waals surface area contributed by atoms with Crippen molar-refractivity contribution in [1.82, 2.24) is 0 Å². The molecule has 0 saturated carbocycles. The van der Waals surface area contributed by atoms with E-state index in [0.717, 1.165) is 66.7 Å². The Balaban J connectivity index is 0.000000310. The van der Waals surface area contributed by atoms with Crippen molar-refractivity contribution in [3.05, 3.63) is 91.6 Å². The van der Waals surface area contributed by atoms with Crippen molar-refractivity contribution in [2.45, 2.75) is 61.9 Å². The summed E-state index contributed by atoms with van der Waals surface area (Å²) in [5.74, 6) is 0.265. The van der Waals surface area contributed by atoms with E-state index < -0.39 is 0 Å². The Bertz CT molecular complexity index is 1130. The number of rotatable bonds is 3. The zero-order valence-electron chi connectivity index (χ0n) is 22.9. The standard InChI is InChI=1S/C21H26O2.C10H16N/c1-10-14(5)20(22)15(6)11(2)18(10)9-19-12(3)16(7)21(23)17(8)13(19)4;1-11(2,3)9-10-7-5-4-6-8-10/h9,22H,1-8H3;4-8H,9H2,1-3H3/q;+1/p-1. The SMILES string of the molecule is CC1=C(C)C(=Cc2c(C)c(C)c([O-])c(C)c2C)C(C)=C(C)C1=O.C[N+](C)(C)Cc1ccccc1. The molecule has 0 radical (unpaired) electrons. The first-order valence-corrected chi connectivity index (χ1v) is 11.9. The van der Waals surface area contributed by atoms with Crippen LogP contribution in [0.1, 0.15) is 61.1 Å². The second-order valence-electron chi connectivity index (χ2n) is 10.6. The van der Waals surface area contributed by atoms with Crippen molar-refractivity contribution in [3.8, 4) is 5.75 Å². The summed E-state index contributed by atoms with van der Waals surface area (Å²) in [6.07, 6.45) is 2.15. The molecular formula is C31H41NO2. The van der Waals surface area contributed by atoms with Crippen LogP contribution >= 0.6 is 0 Å². The fourth-order valence-electron chi connectivity index (χ4n) is 4.32. The normalized spacial score (nSPS) is 14.3. The highest BCUT2D eigenvalue weighted by Gasteiger charge is 2.23. The molecule has 0 aromatic heterocycles. The number of nitrogens with zero attached hydrogens (tertiary/aromatic N) is 1. The number of allylic oxidation sites excluding steroid dienone is 5. The van der Waals surface area contributed by atoms with E-state index in [0.29, 0.717) is 0 Å². The number of carbonyl (C=O) groups excluding carboxylic acids is 1. The highest BCUT2D eigenvalue weighted by Crippen LogP contribution is 2.36. The highest BCUT2D eigenvalue weighted by molar-refractivity contribution is 6.11. The molecule has 3 rings (SSSR count). The fourth-order valence-corrected chi connectivity index (χ4v) is 4.32. The Labute approximate surface area is 206 Å². The number of hydrogen-bond donors (Lipinski definition) is 0. The molecule has 0 N–H and O–H groups in total. The Kier molecular flexibility index (Phi) is 8.50. The minimum atomic E-state index is 0.132. The molecule has 0 amide bonds. The van der Waals surface area contributed by atoms with Crippen LogP contribution in [0.25, 0.3) is 6.08 Å². The van der Waals surface area contributed by atoms with E-state index in [1.165, 1.54) is 5.56 Å². The minimum absolute atomic E-state index is 0.132. The topological polar surface area (TPSA) is 40.1 Å². The van der Waals surface area contributed by atoms with Crippen molar-refractivity contribution in [3.63, 3.8) is 0 Å². The largest absolute Gasteiger partial charge is 0.872 e. The van der Waals surface area contributed by atoms with Crippen LogP contribution in [-0.2, 0) is 11.3 Å². The van der Waals surface area contributed by atoms with E-state index in [9.17, 15) is 9.90 Å². The van der Waals surface area contributed by atoms with Gasteiger partial charge < -0.3 is 9.59 Å². The van der Waals surface area contributed by atoms with E-state index in [2.05, 4.69) is 57.6 Å². The Hall–Kier alpha value is -2.91. The van der Waals surface area contributed by atoms with Gasteiger partial charge in [0.15, 0.2) is 5.78 Å². The molecule has 34 heavy (non-hydrogen) atoms. The molecule has 3 heteroatoms. The molecule has 182 valence electrons. The highest BCUT2D eigenvalue weighted by atomic mass is 16.3. The van der Waals surface area contributed by atoms with E-state index >= 15 is 0 Å². The van der Waals surface area contributed by atoms with Gasteiger partial charge in [-0.25, -0.2) is 0 Å². The predicted octanol–water partition coefficient (Wildman–Crippen LogP) is 6.53. The van der Waals surface area contributed by atoms with Gasteiger partial charge in [-0.1, -0.05) is 41.5 Å². The average molecular weight is 460 g/mol. The molecule has 3 nitrogen and oxygen atoms in total. The third kappa shape index (κ3) is 5.95. The summed E-state index contributed by atoms with van der Waals surface area (Å²) in [6, 6.07) is 10.6. The van der Waals surface area contributed by atoms with Gasteiger partial charge in [0.2, 0.25) is 0 Å². The van der Waals surface area contributed by atoms with Gasteiger partial charge in [-0.05, 0) is 94.9 Å². The summed E-state index contributed by atoms with van der Waals surface area (Å²) in [4.78, 5) is 12.2. The molecule has 0 saturated heterocycles. The van der Waals surface area contributed by atoms with Gasteiger partial charge in [-0.15, -0.1) is 5.75 Å². The van der Waals surface area contributed by atoms with Crippen LogP contribution in [0.15, 0.2) is 58.2 Å². The number of ketones is 1. The Morgan fingerprint density at radius 2 is 1.15 bits per heavy atom. The smallest absolute Gasteiger partial charge is 0.184 e. The van der Waals surface area contributed by atoms with E-state index in [-0.39, 0.29) is 11.5 Å². The second-order valence-corrected chi connectivity index (χ2v) is 10.6. The summed E-state index contributed by atoms with van der Waals surface area (Å²) < 4.78 is 0.990. The molecule has 0 bridgehead atoms. The lowest BCUT2D eigenvalue weighted by Crippen LogP contribution is -2.33. The quantitative estimate of drug-likeness (QED) is 0.490. The number of carbonyl (C=O) groups is 1. The lowest BCUT2D eigenvalue weighted by molar-refractivity contribution is -0.884. The van der Waals surface area contributed by atoms with Gasteiger partial charge in [0.1, 0.15) is 6.54 Å². The predicted molar refractivity (Wildman–Crippen MR) is 143 cm³/mol. The molecule has 0 aliphatic heterocycles. The molecule has 0 fully saturated rings. The van der Waals surface area contributed by atoms with Crippen LogP contribution in [0.2, 0.25) is 0 Å². The maximum atomic E-state index is 12.2. The van der Waals surface area contributed by atoms with Crippen LogP contribution in [-0.4, -0.2) is 31.4 Å². The number of hydrogen-bond acceptors (Lipinski definition) is 2. The molecule has 1 aliphatic carbocycles. The van der Waals surface area contributed by atoms with Crippen molar-refractivity contribution in [2.75, 3.05) is 21.1 Å². The maximum absolute atomic E-state index is 12.2. The van der Waals surface area contributed by atoms with Crippen molar-refractivity contribution < 1.29 is 14.4 Å². The lowest BCUT2D eigenvalue weighted by Gasteiger charge is -2.25. The van der Waals surface area contributed by atoms with Gasteiger partial charge in [-0.3, -0.25) is 4.79 Å². The number of quaternary nitrogens is 1. The average Bonchev–Trinajstić information content (AvgIpc) is 2.78. The molecule has 2 aromatic carbocycles. The van der Waals surface area contributed by atoms with Crippen LogP contribution in [0.5, 0.6) is 5.75 Å². The summed E-state index contributed by atoms with van der Waals surface area (Å²) >= 11 is 0. The first-order valence-electron chi connectivity index (χ1n) is 11.9. The first-order chi connectivity index (χ1) is 15.7. The van der Waals surface area contributed by atoms with Crippen molar-refractivity contribution in [1.29, 1.82) is 0 Å². The molecular weight excluding hydrogens is 418 g/mol. The van der Waals surface area contributed by atoms with Crippen LogP contribution in [0, 0.1) is 27.7 Å². The van der Waals surface area contributed by atoms with E-state index in [1.807, 2.05) is 55.4 Å². The molecule has 0 heterocycles. The monoisotopic (exact) mass is 459 g/mol. The molecule has 0 unspecified atom stereocenters. The molecule has 0 atom stereocenters. The van der Waals surface area contributed by atoms with Crippen LogP contribution < -0.4 is 5.11 Å². The third-order valence-corrected chi connectivity index (χ3v) is 7.02. The maximum Gasteiger partial charge on any atom is 0.184 e. The molecule has 2 aromatic rings. The summed E-state index contributed by atoms with van der Waals surface area (Å²) in [7, 11) is 6.60. The van der Waals surface area contributed by atoms with Crippen LogP contribution in [0.3, 0.4) is 0 Å². The fraction of sp³-hybridized carbons (Fsp3) is 0.387. The summed E-state index contributed by atoms with van der Waals surface area (Å²) in [5.41, 5.74) is 10.9. The number of Topliss-reactive ketones (excluding diaryl/α,β-unsaturated/α-hetero) is 1. The minimum Gasteiger partial charge on any atom is -0.872 e. The van der Waals surface area contributed by atoms with Gasteiger partial charge in [-0.2, -0.15) is 0 Å². The number of benzene rings is 2. The lowest BCUT2D eigenvalue weighted by atomic mass is 9.81. The summed E-state index contributed by atoms with van der Waals surface area (Å²) in [5, 5.41) is 12.2. The van der Waals surface area contributed by atoms with Gasteiger partial charge >= 0.3 is 0 Å². The second kappa shape index (κ2) is 10.6.